The molecule has 0 aliphatic rings. The van der Waals surface area contributed by atoms with Crippen molar-refractivity contribution in [3.8, 4) is 5.88 Å². The molecule has 7 nitrogen and oxygen atoms in total. The molecule has 0 unspecified atom stereocenters. The third-order valence-electron chi connectivity index (χ3n) is 3.41. The lowest BCUT2D eigenvalue weighted by molar-refractivity contribution is 0.407. The van der Waals surface area contributed by atoms with Gasteiger partial charge in [0.15, 0.2) is 5.69 Å². The first-order valence-electron chi connectivity index (χ1n) is 6.97. The van der Waals surface area contributed by atoms with Crippen molar-refractivity contribution in [2.45, 2.75) is 19.9 Å². The molecule has 0 saturated carbocycles. The molecule has 23 heavy (non-hydrogen) atoms. The molecule has 0 bridgehead atoms. The number of azo groups is 1. The molecule has 8 heteroatoms. The molecule has 0 fully saturated rings. The first-order chi connectivity index (χ1) is 11.0. The minimum Gasteiger partial charge on any atom is -0.493 e. The summed E-state index contributed by atoms with van der Waals surface area (Å²) >= 11 is 5.87. The number of aromatic hydroxyl groups is 1. The number of H-pyrrole nitrogens is 1. The molecular weight excluding hydrogens is 318 g/mol. The molecule has 0 atom stereocenters. The number of hydrogen-bond donors (Lipinski definition) is 2. The Morgan fingerprint density at radius 2 is 2.04 bits per heavy atom. The van der Waals surface area contributed by atoms with E-state index in [9.17, 15) is 9.90 Å². The molecule has 0 radical (unpaired) electrons. The second kappa shape index (κ2) is 5.85. The second-order valence-corrected chi connectivity index (χ2v) is 5.63. The molecule has 0 amide bonds. The molecule has 3 aromatic rings. The fourth-order valence-corrected chi connectivity index (χ4v) is 2.53. The van der Waals surface area contributed by atoms with Crippen molar-refractivity contribution >= 4 is 33.9 Å². The third kappa shape index (κ3) is 2.59. The zero-order valence-corrected chi connectivity index (χ0v) is 13.2. The van der Waals surface area contributed by atoms with Crippen LogP contribution in [0.1, 0.15) is 19.9 Å². The van der Waals surface area contributed by atoms with Gasteiger partial charge in [0, 0.05) is 11.4 Å². The quantitative estimate of drug-likeness (QED) is 0.708. The van der Waals surface area contributed by atoms with E-state index in [1.54, 1.807) is 4.57 Å². The second-order valence-electron chi connectivity index (χ2n) is 5.25. The average Bonchev–Trinajstić information content (AvgIpc) is 2.81. The number of benzene rings is 1. The first kappa shape index (κ1) is 15.2. The Balaban J connectivity index is 2.17. The number of nitrogens with zero attached hydrogens (tertiary/aromatic N) is 4. The molecular formula is C15H14ClN5O2. The van der Waals surface area contributed by atoms with Crippen molar-refractivity contribution in [2.75, 3.05) is 0 Å². The highest BCUT2D eigenvalue weighted by Crippen LogP contribution is 2.41. The largest absolute Gasteiger partial charge is 0.493 e. The van der Waals surface area contributed by atoms with Crippen LogP contribution in [0.5, 0.6) is 5.88 Å². The van der Waals surface area contributed by atoms with Gasteiger partial charge in [-0.15, -0.1) is 10.2 Å². The van der Waals surface area contributed by atoms with Gasteiger partial charge in [-0.2, -0.15) is 5.10 Å². The lowest BCUT2D eigenvalue weighted by atomic mass is 10.2. The molecule has 1 aromatic carbocycles. The summed E-state index contributed by atoms with van der Waals surface area (Å²) in [6, 6.07) is 7.54. The minimum atomic E-state index is -0.544. The Labute approximate surface area is 136 Å². The topological polar surface area (TPSA) is 95.6 Å². The standard InChI is InChI=1S/C15H14ClN5O2/c1-8(2)21-11-6-4-3-5-9(11)13(15(21)23)19-18-10-7-17-20-14(22)12(10)16/h3-8,23H,1-2H3,(H,20,22). The van der Waals surface area contributed by atoms with Gasteiger partial charge in [-0.1, -0.05) is 29.8 Å². The van der Waals surface area contributed by atoms with E-state index in [0.717, 1.165) is 10.9 Å². The van der Waals surface area contributed by atoms with E-state index in [2.05, 4.69) is 20.4 Å². The highest BCUT2D eigenvalue weighted by Gasteiger charge is 2.18. The van der Waals surface area contributed by atoms with E-state index in [1.165, 1.54) is 6.20 Å². The normalized spacial score (nSPS) is 11.8. The van der Waals surface area contributed by atoms with Crippen LogP contribution >= 0.6 is 11.6 Å². The molecule has 0 spiro atoms. The molecule has 3 rings (SSSR count). The van der Waals surface area contributed by atoms with Crippen LogP contribution in [0, 0.1) is 0 Å². The van der Waals surface area contributed by atoms with Crippen LogP contribution in [0.2, 0.25) is 5.02 Å². The van der Waals surface area contributed by atoms with Gasteiger partial charge in [0.2, 0.25) is 5.88 Å². The van der Waals surface area contributed by atoms with Crippen LogP contribution in [0.15, 0.2) is 45.5 Å². The van der Waals surface area contributed by atoms with E-state index in [0.29, 0.717) is 5.69 Å². The first-order valence-corrected chi connectivity index (χ1v) is 7.35. The maximum atomic E-state index is 11.4. The number of fused-ring (bicyclic) bond motifs is 1. The van der Waals surface area contributed by atoms with Gasteiger partial charge in [-0.3, -0.25) is 4.79 Å². The molecule has 0 saturated heterocycles. The van der Waals surface area contributed by atoms with Crippen LogP contribution in [0.3, 0.4) is 0 Å². The van der Waals surface area contributed by atoms with Crippen LogP contribution in [0.25, 0.3) is 10.9 Å². The average molecular weight is 332 g/mol. The van der Waals surface area contributed by atoms with Crippen molar-refractivity contribution < 1.29 is 5.11 Å². The van der Waals surface area contributed by atoms with Gasteiger partial charge in [-0.05, 0) is 19.9 Å². The fourth-order valence-electron chi connectivity index (χ4n) is 2.40. The van der Waals surface area contributed by atoms with E-state index in [1.807, 2.05) is 38.1 Å². The van der Waals surface area contributed by atoms with Crippen molar-refractivity contribution in [3.63, 3.8) is 0 Å². The third-order valence-corrected chi connectivity index (χ3v) is 3.78. The summed E-state index contributed by atoms with van der Waals surface area (Å²) in [6.07, 6.45) is 1.30. The molecule has 0 aliphatic carbocycles. The maximum Gasteiger partial charge on any atom is 0.285 e. The number of hydrogen-bond acceptors (Lipinski definition) is 5. The smallest absolute Gasteiger partial charge is 0.285 e. The van der Waals surface area contributed by atoms with Crippen molar-refractivity contribution in [1.29, 1.82) is 0 Å². The van der Waals surface area contributed by atoms with E-state index in [4.69, 9.17) is 11.6 Å². The van der Waals surface area contributed by atoms with Gasteiger partial charge >= 0.3 is 0 Å². The van der Waals surface area contributed by atoms with Crippen LogP contribution in [-0.2, 0) is 0 Å². The summed E-state index contributed by atoms with van der Waals surface area (Å²) in [5.41, 5.74) is 0.767. The number of aromatic amines is 1. The fraction of sp³-hybridized carbons (Fsp3) is 0.200. The summed E-state index contributed by atoms with van der Waals surface area (Å²) in [6.45, 7) is 3.93. The number of aromatic nitrogens is 3. The van der Waals surface area contributed by atoms with E-state index >= 15 is 0 Å². The lowest BCUT2D eigenvalue weighted by Crippen LogP contribution is -2.06. The van der Waals surface area contributed by atoms with Gasteiger partial charge in [0.1, 0.15) is 10.7 Å². The Bertz CT molecular complexity index is 958. The Morgan fingerprint density at radius 1 is 1.30 bits per heavy atom. The maximum absolute atomic E-state index is 11.4. The zero-order valence-electron chi connectivity index (χ0n) is 12.5. The van der Waals surface area contributed by atoms with Gasteiger partial charge in [0.25, 0.3) is 5.56 Å². The Hall–Kier alpha value is -2.67. The molecule has 118 valence electrons. The highest BCUT2D eigenvalue weighted by atomic mass is 35.5. The van der Waals surface area contributed by atoms with Gasteiger partial charge in [0.05, 0.1) is 11.7 Å². The highest BCUT2D eigenvalue weighted by molar-refractivity contribution is 6.32. The van der Waals surface area contributed by atoms with Gasteiger partial charge in [-0.25, -0.2) is 5.10 Å². The number of nitrogens with one attached hydrogen (secondary N) is 1. The van der Waals surface area contributed by atoms with Crippen LogP contribution in [0.4, 0.5) is 11.4 Å². The van der Waals surface area contributed by atoms with Crippen molar-refractivity contribution in [3.05, 3.63) is 45.8 Å². The van der Waals surface area contributed by atoms with Crippen molar-refractivity contribution in [2.24, 2.45) is 10.2 Å². The van der Waals surface area contributed by atoms with Crippen LogP contribution in [-0.4, -0.2) is 19.9 Å². The SMILES string of the molecule is CC(C)n1c(O)c(N=Nc2cn[nH]c(=O)c2Cl)c2ccccc21. The summed E-state index contributed by atoms with van der Waals surface area (Å²) < 4.78 is 1.77. The molecule has 2 heterocycles. The predicted octanol–water partition coefficient (Wildman–Crippen LogP) is 4.08. The molecule has 0 aliphatic heterocycles. The number of rotatable bonds is 3. The van der Waals surface area contributed by atoms with Gasteiger partial charge < -0.3 is 9.67 Å². The van der Waals surface area contributed by atoms with Crippen molar-refractivity contribution in [1.82, 2.24) is 14.8 Å². The monoisotopic (exact) mass is 331 g/mol. The Morgan fingerprint density at radius 3 is 2.78 bits per heavy atom. The van der Waals surface area contributed by atoms with E-state index < -0.39 is 5.56 Å². The summed E-state index contributed by atoms with van der Waals surface area (Å²) in [5, 5.41) is 25.0. The Kier molecular flexibility index (Phi) is 3.87. The molecule has 2 aromatic heterocycles. The van der Waals surface area contributed by atoms with E-state index in [-0.39, 0.29) is 22.6 Å². The summed E-state index contributed by atoms with van der Waals surface area (Å²) in [5.74, 6) is 0.0128. The summed E-state index contributed by atoms with van der Waals surface area (Å²) in [7, 11) is 0. The summed E-state index contributed by atoms with van der Waals surface area (Å²) in [4.78, 5) is 11.4. The van der Waals surface area contributed by atoms with Crippen LogP contribution < -0.4 is 5.56 Å². The number of para-hydroxylation sites is 1. The predicted molar refractivity (Wildman–Crippen MR) is 88.0 cm³/mol. The molecule has 2 N–H and O–H groups in total. The minimum absolute atomic E-state index is 0.0128. The number of halogens is 1. The lowest BCUT2D eigenvalue weighted by Gasteiger charge is -2.10. The zero-order chi connectivity index (χ0) is 16.6.